The fourth-order valence-electron chi connectivity index (χ4n) is 3.81. The summed E-state index contributed by atoms with van der Waals surface area (Å²) in [5.41, 5.74) is 2.37. The number of rotatable bonds is 7. The summed E-state index contributed by atoms with van der Waals surface area (Å²) in [5, 5.41) is 7.27. The summed E-state index contributed by atoms with van der Waals surface area (Å²) < 4.78 is 0. The summed E-state index contributed by atoms with van der Waals surface area (Å²) in [5.74, 6) is 0.423. The minimum atomic E-state index is 0.0493. The highest BCUT2D eigenvalue weighted by Crippen LogP contribution is 2.29. The number of amides is 2. The Bertz CT molecular complexity index is 745. The van der Waals surface area contributed by atoms with Gasteiger partial charge >= 0.3 is 0 Å². The summed E-state index contributed by atoms with van der Waals surface area (Å²) in [6, 6.07) is 8.22. The largest absolute Gasteiger partial charge is 0.361 e. The Labute approximate surface area is 154 Å². The van der Waals surface area contributed by atoms with Crippen molar-refractivity contribution in [1.29, 1.82) is 0 Å². The fraction of sp³-hybridized carbons (Fsp3) is 0.524. The molecule has 2 amide bonds. The molecule has 1 heterocycles. The van der Waals surface area contributed by atoms with Gasteiger partial charge in [-0.1, -0.05) is 25.1 Å². The van der Waals surface area contributed by atoms with Crippen molar-refractivity contribution >= 4 is 22.7 Å². The molecule has 5 heteroatoms. The molecule has 26 heavy (non-hydrogen) atoms. The molecule has 0 bridgehead atoms. The predicted molar refractivity (Wildman–Crippen MR) is 104 cm³/mol. The summed E-state index contributed by atoms with van der Waals surface area (Å²) in [6.07, 6.45) is 7.06. The topological polar surface area (TPSA) is 74.0 Å². The average Bonchev–Trinajstić information content (AvgIpc) is 3.09. The van der Waals surface area contributed by atoms with Crippen LogP contribution in [0.5, 0.6) is 0 Å². The summed E-state index contributed by atoms with van der Waals surface area (Å²) in [6.45, 7) is 3.45. The Morgan fingerprint density at radius 1 is 1.00 bits per heavy atom. The highest BCUT2D eigenvalue weighted by molar-refractivity contribution is 5.83. The molecule has 0 saturated heterocycles. The van der Waals surface area contributed by atoms with Gasteiger partial charge < -0.3 is 15.6 Å². The zero-order chi connectivity index (χ0) is 18.4. The van der Waals surface area contributed by atoms with Crippen molar-refractivity contribution in [3.8, 4) is 0 Å². The summed E-state index contributed by atoms with van der Waals surface area (Å²) in [7, 11) is 0. The van der Waals surface area contributed by atoms with E-state index in [1.54, 1.807) is 0 Å². The third-order valence-electron chi connectivity index (χ3n) is 5.39. The third kappa shape index (κ3) is 4.45. The quantitative estimate of drug-likeness (QED) is 0.714. The minimum Gasteiger partial charge on any atom is -0.361 e. The van der Waals surface area contributed by atoms with E-state index in [-0.39, 0.29) is 23.7 Å². The second-order valence-corrected chi connectivity index (χ2v) is 7.24. The van der Waals surface area contributed by atoms with Gasteiger partial charge in [0.2, 0.25) is 11.8 Å². The number of benzene rings is 1. The van der Waals surface area contributed by atoms with Crippen LogP contribution in [0.3, 0.4) is 0 Å². The van der Waals surface area contributed by atoms with Crippen LogP contribution in [0.4, 0.5) is 0 Å². The van der Waals surface area contributed by atoms with E-state index in [2.05, 4.69) is 34.7 Å². The van der Waals surface area contributed by atoms with E-state index in [9.17, 15) is 9.59 Å². The van der Waals surface area contributed by atoms with Gasteiger partial charge in [0.05, 0.1) is 0 Å². The number of fused-ring (bicyclic) bond motifs is 1. The molecule has 0 aliphatic heterocycles. The van der Waals surface area contributed by atoms with Crippen molar-refractivity contribution in [3.63, 3.8) is 0 Å². The lowest BCUT2D eigenvalue weighted by molar-refractivity contribution is -0.130. The van der Waals surface area contributed by atoms with E-state index in [1.165, 1.54) is 10.9 Å². The molecule has 2 aromatic rings. The molecule has 5 nitrogen and oxygen atoms in total. The summed E-state index contributed by atoms with van der Waals surface area (Å²) >= 11 is 0. The molecule has 1 aromatic heterocycles. The Hall–Kier alpha value is -2.30. The first kappa shape index (κ1) is 18.5. The van der Waals surface area contributed by atoms with E-state index >= 15 is 0 Å². The zero-order valence-corrected chi connectivity index (χ0v) is 15.5. The molecule has 140 valence electrons. The molecular weight excluding hydrogens is 326 g/mol. The standard InChI is InChI=1S/C21H29N3O2/c1-2-12-22-20(25)15-7-9-16(10-8-15)21(26)23-13-11-17-14-24-19-6-4-3-5-18(17)19/h3-6,14-16,24H,2,7-13H2,1H3,(H,22,25)(H,23,26). The SMILES string of the molecule is CCCNC(=O)C1CCC(C(=O)NCCc2c[nH]c3ccccc23)CC1. The molecule has 1 fully saturated rings. The van der Waals surface area contributed by atoms with Crippen molar-refractivity contribution in [2.75, 3.05) is 13.1 Å². The Morgan fingerprint density at radius 3 is 2.27 bits per heavy atom. The first-order valence-corrected chi connectivity index (χ1v) is 9.79. The van der Waals surface area contributed by atoms with Gasteiger partial charge in [-0.25, -0.2) is 0 Å². The fourth-order valence-corrected chi connectivity index (χ4v) is 3.81. The Kier molecular flexibility index (Phi) is 6.31. The highest BCUT2D eigenvalue weighted by Gasteiger charge is 2.29. The van der Waals surface area contributed by atoms with Crippen LogP contribution in [0.25, 0.3) is 10.9 Å². The number of carbonyl (C=O) groups excluding carboxylic acids is 2. The van der Waals surface area contributed by atoms with Crippen molar-refractivity contribution in [2.24, 2.45) is 11.8 Å². The van der Waals surface area contributed by atoms with E-state index in [0.29, 0.717) is 6.54 Å². The van der Waals surface area contributed by atoms with Gasteiger partial charge in [0, 0.05) is 42.0 Å². The molecule has 0 radical (unpaired) electrons. The molecular formula is C21H29N3O2. The second kappa shape index (κ2) is 8.88. The van der Waals surface area contributed by atoms with Crippen LogP contribution >= 0.6 is 0 Å². The van der Waals surface area contributed by atoms with Crippen LogP contribution in [0.2, 0.25) is 0 Å². The van der Waals surface area contributed by atoms with E-state index in [0.717, 1.165) is 50.6 Å². The van der Waals surface area contributed by atoms with E-state index < -0.39 is 0 Å². The zero-order valence-electron chi connectivity index (χ0n) is 15.5. The van der Waals surface area contributed by atoms with Crippen molar-refractivity contribution in [3.05, 3.63) is 36.0 Å². The van der Waals surface area contributed by atoms with Gasteiger partial charge in [-0.15, -0.1) is 0 Å². The number of hydrogen-bond donors (Lipinski definition) is 3. The van der Waals surface area contributed by atoms with Gasteiger partial charge in [-0.05, 0) is 50.2 Å². The van der Waals surface area contributed by atoms with Gasteiger partial charge in [0.15, 0.2) is 0 Å². The third-order valence-corrected chi connectivity index (χ3v) is 5.39. The number of nitrogens with one attached hydrogen (secondary N) is 3. The first-order valence-electron chi connectivity index (χ1n) is 9.79. The Morgan fingerprint density at radius 2 is 1.62 bits per heavy atom. The molecule has 1 aliphatic rings. The lowest BCUT2D eigenvalue weighted by Gasteiger charge is -2.27. The predicted octanol–water partition coefficient (Wildman–Crippen LogP) is 3.16. The number of hydrogen-bond acceptors (Lipinski definition) is 2. The number of aromatic nitrogens is 1. The van der Waals surface area contributed by atoms with Crippen molar-refractivity contribution < 1.29 is 9.59 Å². The minimum absolute atomic E-state index is 0.0493. The van der Waals surface area contributed by atoms with Gasteiger partial charge in [-0.2, -0.15) is 0 Å². The van der Waals surface area contributed by atoms with Crippen LogP contribution in [0.15, 0.2) is 30.5 Å². The molecule has 0 unspecified atom stereocenters. The van der Waals surface area contributed by atoms with Crippen LogP contribution in [0.1, 0.15) is 44.6 Å². The molecule has 3 rings (SSSR count). The monoisotopic (exact) mass is 355 g/mol. The van der Waals surface area contributed by atoms with Gasteiger partial charge in [0.1, 0.15) is 0 Å². The van der Waals surface area contributed by atoms with Crippen molar-refractivity contribution in [2.45, 2.75) is 45.4 Å². The lowest BCUT2D eigenvalue weighted by atomic mass is 9.81. The highest BCUT2D eigenvalue weighted by atomic mass is 16.2. The Balaban J connectivity index is 1.41. The molecule has 1 saturated carbocycles. The smallest absolute Gasteiger partial charge is 0.223 e. The van der Waals surface area contributed by atoms with Gasteiger partial charge in [-0.3, -0.25) is 9.59 Å². The second-order valence-electron chi connectivity index (χ2n) is 7.24. The van der Waals surface area contributed by atoms with Gasteiger partial charge in [0.25, 0.3) is 0 Å². The van der Waals surface area contributed by atoms with Crippen molar-refractivity contribution in [1.82, 2.24) is 15.6 Å². The molecule has 0 spiro atoms. The molecule has 1 aromatic carbocycles. The number of para-hydroxylation sites is 1. The maximum Gasteiger partial charge on any atom is 0.223 e. The number of H-pyrrole nitrogens is 1. The van der Waals surface area contributed by atoms with E-state index in [1.807, 2.05) is 18.3 Å². The average molecular weight is 355 g/mol. The number of carbonyl (C=O) groups is 2. The van der Waals surface area contributed by atoms with Crippen LogP contribution in [-0.4, -0.2) is 29.9 Å². The molecule has 0 atom stereocenters. The van der Waals surface area contributed by atoms with Crippen LogP contribution in [0, 0.1) is 11.8 Å². The van der Waals surface area contributed by atoms with E-state index in [4.69, 9.17) is 0 Å². The number of aromatic amines is 1. The maximum absolute atomic E-state index is 12.4. The maximum atomic E-state index is 12.4. The molecule has 3 N–H and O–H groups in total. The first-order chi connectivity index (χ1) is 12.7. The lowest BCUT2D eigenvalue weighted by Crippen LogP contribution is -2.38. The molecule has 1 aliphatic carbocycles. The van der Waals surface area contributed by atoms with Crippen LogP contribution < -0.4 is 10.6 Å². The summed E-state index contributed by atoms with van der Waals surface area (Å²) in [4.78, 5) is 27.7. The normalized spacial score (nSPS) is 20.0. The van der Waals surface area contributed by atoms with Crippen LogP contribution in [-0.2, 0) is 16.0 Å².